The van der Waals surface area contributed by atoms with Gasteiger partial charge in [0.05, 0.1) is 34.8 Å². The number of aryl methyl sites for hydroxylation is 1. The van der Waals surface area contributed by atoms with Crippen LogP contribution in [-0.2, 0) is 17.5 Å². The largest absolute Gasteiger partial charge is 0.416 e. The molecule has 0 saturated carbocycles. The van der Waals surface area contributed by atoms with Gasteiger partial charge in [-0.15, -0.1) is 5.10 Å². The second-order valence-corrected chi connectivity index (χ2v) is 9.83. The van der Waals surface area contributed by atoms with E-state index in [9.17, 15) is 18.0 Å². The van der Waals surface area contributed by atoms with Crippen molar-refractivity contribution in [1.82, 2.24) is 30.0 Å². The van der Waals surface area contributed by atoms with E-state index in [1.165, 1.54) is 23.1 Å². The summed E-state index contributed by atoms with van der Waals surface area (Å²) in [4.78, 5) is 28.0. The summed E-state index contributed by atoms with van der Waals surface area (Å²) in [5.41, 5.74) is 2.01. The molecule has 0 unspecified atom stereocenters. The van der Waals surface area contributed by atoms with Crippen molar-refractivity contribution in [3.8, 4) is 5.69 Å². The molecule has 4 heterocycles. The number of hydrogen-bond acceptors (Lipinski definition) is 6. The van der Waals surface area contributed by atoms with Crippen molar-refractivity contribution in [2.24, 2.45) is 5.92 Å². The van der Waals surface area contributed by atoms with Crippen LogP contribution in [0, 0.1) is 12.8 Å². The highest BCUT2D eigenvalue weighted by Gasteiger charge is 2.30. The second-order valence-electron chi connectivity index (χ2n) is 8.98. The highest BCUT2D eigenvalue weighted by molar-refractivity contribution is 9.10. The number of pyridine rings is 1. The molecule has 1 N–H and O–H groups in total. The van der Waals surface area contributed by atoms with Crippen molar-refractivity contribution in [2.75, 3.05) is 18.0 Å². The zero-order chi connectivity index (χ0) is 26.2. The Kier molecular flexibility index (Phi) is 6.84. The van der Waals surface area contributed by atoms with Crippen LogP contribution in [0.4, 0.5) is 19.0 Å². The number of nitrogens with one attached hydrogen (secondary N) is 1. The summed E-state index contributed by atoms with van der Waals surface area (Å²) in [5.74, 6) is 0.379. The summed E-state index contributed by atoms with van der Waals surface area (Å²) < 4.78 is 41.2. The van der Waals surface area contributed by atoms with Gasteiger partial charge >= 0.3 is 6.18 Å². The third-order valence-corrected chi connectivity index (χ3v) is 7.22. The van der Waals surface area contributed by atoms with E-state index in [1.54, 1.807) is 12.4 Å². The fourth-order valence-corrected chi connectivity index (χ4v) is 4.63. The topological polar surface area (TPSA) is 88.8 Å². The van der Waals surface area contributed by atoms with Gasteiger partial charge in [0.1, 0.15) is 12.1 Å². The average molecular weight is 574 g/mol. The molecule has 1 fully saturated rings. The minimum absolute atomic E-state index is 0.0437. The number of hydrogen-bond donors (Lipinski definition) is 1. The maximum Gasteiger partial charge on any atom is 0.416 e. The lowest BCUT2D eigenvalue weighted by Crippen LogP contribution is -2.43. The van der Waals surface area contributed by atoms with Crippen molar-refractivity contribution in [3.05, 3.63) is 70.3 Å². The smallest absolute Gasteiger partial charge is 0.355 e. The number of anilines is 1. The molecule has 0 spiro atoms. The van der Waals surface area contributed by atoms with Crippen molar-refractivity contribution in [1.29, 1.82) is 0 Å². The lowest BCUT2D eigenvalue weighted by atomic mass is 9.97. The minimum atomic E-state index is -4.41. The first-order valence-electron chi connectivity index (χ1n) is 11.7. The van der Waals surface area contributed by atoms with E-state index >= 15 is 0 Å². The number of fused-ring (bicyclic) bond motifs is 1. The zero-order valence-corrected chi connectivity index (χ0v) is 21.4. The number of rotatable bonds is 5. The Morgan fingerprint density at radius 3 is 2.70 bits per heavy atom. The Balaban J connectivity index is 1.32. The molecule has 8 nitrogen and oxygen atoms in total. The average Bonchev–Trinajstić information content (AvgIpc) is 3.33. The SMILES string of the molecule is Cc1cc(CNC(=O)[C@@H]2CCCN(c3ncnc4nn(-c5ccc(C(F)(F)F)cc5)cc34)C2)ncc1Br. The predicted octanol–water partition coefficient (Wildman–Crippen LogP) is 4.83. The third kappa shape index (κ3) is 5.43. The van der Waals surface area contributed by atoms with E-state index in [1.807, 2.05) is 17.9 Å². The molecular formula is C25H23BrF3N7O. The van der Waals surface area contributed by atoms with Crippen LogP contribution < -0.4 is 10.2 Å². The number of carbonyl (C=O) groups is 1. The second kappa shape index (κ2) is 10.1. The number of alkyl halides is 3. The fourth-order valence-electron chi connectivity index (χ4n) is 4.41. The Labute approximate surface area is 219 Å². The summed E-state index contributed by atoms with van der Waals surface area (Å²) in [6.45, 7) is 3.52. The number of halogens is 4. The van der Waals surface area contributed by atoms with Crippen molar-refractivity contribution in [2.45, 2.75) is 32.5 Å². The maximum atomic E-state index is 12.9. The summed E-state index contributed by atoms with van der Waals surface area (Å²) in [6.07, 6.45) is 2.01. The van der Waals surface area contributed by atoms with Gasteiger partial charge in [0.2, 0.25) is 5.91 Å². The van der Waals surface area contributed by atoms with Crippen molar-refractivity contribution >= 4 is 38.7 Å². The Hall–Kier alpha value is -3.54. The number of aromatic nitrogens is 5. The quantitative estimate of drug-likeness (QED) is 0.368. The van der Waals surface area contributed by atoms with E-state index in [4.69, 9.17) is 0 Å². The predicted molar refractivity (Wildman–Crippen MR) is 135 cm³/mol. The highest BCUT2D eigenvalue weighted by atomic mass is 79.9. The summed E-state index contributed by atoms with van der Waals surface area (Å²) in [5, 5.41) is 8.09. The molecule has 0 aliphatic carbocycles. The first kappa shape index (κ1) is 25.1. The van der Waals surface area contributed by atoms with Gasteiger partial charge < -0.3 is 10.2 Å². The van der Waals surface area contributed by atoms with Crippen LogP contribution in [0.3, 0.4) is 0 Å². The molecule has 37 heavy (non-hydrogen) atoms. The molecule has 0 radical (unpaired) electrons. The molecule has 1 aliphatic rings. The molecule has 4 aromatic rings. The van der Waals surface area contributed by atoms with Crippen LogP contribution in [0.15, 0.2) is 53.5 Å². The molecule has 1 amide bonds. The summed E-state index contributed by atoms with van der Waals surface area (Å²) in [7, 11) is 0. The van der Waals surface area contributed by atoms with Gasteiger partial charge in [-0.25, -0.2) is 14.6 Å². The molecule has 5 rings (SSSR count). The molecule has 1 atom stereocenters. The normalized spacial score (nSPS) is 16.2. The van der Waals surface area contributed by atoms with Crippen LogP contribution >= 0.6 is 15.9 Å². The molecule has 1 aliphatic heterocycles. The van der Waals surface area contributed by atoms with Gasteiger partial charge in [0, 0.05) is 30.0 Å². The Morgan fingerprint density at radius 1 is 1.19 bits per heavy atom. The molecule has 3 aromatic heterocycles. The summed E-state index contributed by atoms with van der Waals surface area (Å²) >= 11 is 3.43. The third-order valence-electron chi connectivity index (χ3n) is 6.39. The monoisotopic (exact) mass is 573 g/mol. The Morgan fingerprint density at radius 2 is 1.97 bits per heavy atom. The molecule has 0 bridgehead atoms. The standard InChI is InChI=1S/C25H23BrF3N7O/c1-15-9-18(30-11-21(15)26)10-31-24(37)16-3-2-8-35(12-16)23-20-13-36(34-22(20)32-14-33-23)19-6-4-17(5-7-19)25(27,28)29/h4-7,9,11,13-14,16H,2-3,8,10,12H2,1H3,(H,31,37)/t16-/m1/s1. The Bertz CT molecular complexity index is 1440. The van der Waals surface area contributed by atoms with Crippen LogP contribution in [0.25, 0.3) is 16.7 Å². The van der Waals surface area contributed by atoms with E-state index in [0.717, 1.165) is 47.2 Å². The van der Waals surface area contributed by atoms with Gasteiger partial charge in [0.25, 0.3) is 0 Å². The van der Waals surface area contributed by atoms with Crippen molar-refractivity contribution in [3.63, 3.8) is 0 Å². The van der Waals surface area contributed by atoms with Gasteiger partial charge in [-0.05, 0) is 71.6 Å². The van der Waals surface area contributed by atoms with E-state index in [-0.39, 0.29) is 11.8 Å². The molecule has 12 heteroatoms. The molecule has 1 saturated heterocycles. The molecule has 1 aromatic carbocycles. The molecule has 192 valence electrons. The minimum Gasteiger partial charge on any atom is -0.355 e. The number of nitrogens with zero attached hydrogens (tertiary/aromatic N) is 6. The number of amides is 1. The zero-order valence-electron chi connectivity index (χ0n) is 19.8. The van der Waals surface area contributed by atoms with Gasteiger partial charge in [-0.3, -0.25) is 9.78 Å². The summed E-state index contributed by atoms with van der Waals surface area (Å²) in [6, 6.07) is 6.71. The first-order chi connectivity index (χ1) is 17.7. The molecular weight excluding hydrogens is 551 g/mol. The van der Waals surface area contributed by atoms with E-state index < -0.39 is 11.7 Å². The maximum absolute atomic E-state index is 12.9. The van der Waals surface area contributed by atoms with Gasteiger partial charge in [0.15, 0.2) is 5.65 Å². The van der Waals surface area contributed by atoms with Gasteiger partial charge in [-0.2, -0.15) is 13.2 Å². The first-order valence-corrected chi connectivity index (χ1v) is 12.5. The van der Waals surface area contributed by atoms with E-state index in [0.29, 0.717) is 35.6 Å². The van der Waals surface area contributed by atoms with E-state index in [2.05, 4.69) is 41.3 Å². The van der Waals surface area contributed by atoms with Crippen molar-refractivity contribution < 1.29 is 18.0 Å². The lowest BCUT2D eigenvalue weighted by Gasteiger charge is -2.33. The van der Waals surface area contributed by atoms with Crippen LogP contribution in [0.1, 0.15) is 29.7 Å². The number of carbonyl (C=O) groups excluding carboxylic acids is 1. The van der Waals surface area contributed by atoms with Crippen LogP contribution in [-0.4, -0.2) is 43.7 Å². The fraction of sp³-hybridized carbons (Fsp3) is 0.320. The number of benzene rings is 1. The van der Waals surface area contributed by atoms with Crippen LogP contribution in [0.2, 0.25) is 0 Å². The van der Waals surface area contributed by atoms with Gasteiger partial charge in [-0.1, -0.05) is 0 Å². The highest BCUT2D eigenvalue weighted by Crippen LogP contribution is 2.31. The van der Waals surface area contributed by atoms with Crippen LogP contribution in [0.5, 0.6) is 0 Å². The number of piperidine rings is 1. The lowest BCUT2D eigenvalue weighted by molar-refractivity contribution is -0.137.